The Morgan fingerprint density at radius 3 is 2.29 bits per heavy atom. The Morgan fingerprint density at radius 2 is 1.62 bits per heavy atom. The lowest BCUT2D eigenvalue weighted by molar-refractivity contribution is 0.0600. The number of amides is 1. The van der Waals surface area contributed by atoms with Crippen LogP contribution < -0.4 is 5.32 Å². The van der Waals surface area contributed by atoms with Crippen LogP contribution in [-0.2, 0) is 4.74 Å². The molecule has 0 spiro atoms. The van der Waals surface area contributed by atoms with Crippen LogP contribution in [0.3, 0.4) is 0 Å². The molecule has 24 heavy (non-hydrogen) atoms. The molecule has 1 amide bonds. The monoisotopic (exact) mass is 339 g/mol. The summed E-state index contributed by atoms with van der Waals surface area (Å²) in [7, 11) is 1.31. The molecule has 1 aromatic heterocycles. The van der Waals surface area contributed by atoms with E-state index in [9.17, 15) is 9.59 Å². The van der Waals surface area contributed by atoms with Gasteiger partial charge in [-0.2, -0.15) is 0 Å². The highest BCUT2D eigenvalue weighted by atomic mass is 32.1. The molecule has 0 atom stereocenters. The molecule has 3 rings (SSSR count). The first-order valence-electron chi connectivity index (χ1n) is 7.06. The van der Waals surface area contributed by atoms with Crippen molar-refractivity contribution in [2.75, 3.05) is 12.4 Å². The molecule has 6 nitrogen and oxygen atoms in total. The highest BCUT2D eigenvalue weighted by Gasteiger charge is 2.12. The maximum absolute atomic E-state index is 12.2. The molecular formula is C17H13N3O3S. The maximum Gasteiger partial charge on any atom is 0.337 e. The Balaban J connectivity index is 1.71. The van der Waals surface area contributed by atoms with Crippen molar-refractivity contribution < 1.29 is 14.3 Å². The first-order valence-corrected chi connectivity index (χ1v) is 7.87. The summed E-state index contributed by atoms with van der Waals surface area (Å²) in [6.07, 6.45) is 0. The molecule has 3 aromatic rings. The molecule has 1 heterocycles. The second kappa shape index (κ2) is 7.01. The van der Waals surface area contributed by atoms with Crippen LogP contribution in [0, 0.1) is 0 Å². The molecule has 0 aliphatic heterocycles. The fourth-order valence-corrected chi connectivity index (χ4v) is 2.76. The minimum absolute atomic E-state index is 0.317. The Hall–Kier alpha value is -3.06. The number of anilines is 1. The third-order valence-corrected chi connectivity index (χ3v) is 4.12. The third-order valence-electron chi connectivity index (χ3n) is 3.23. The summed E-state index contributed by atoms with van der Waals surface area (Å²) in [5, 5.41) is 11.9. The van der Waals surface area contributed by atoms with Gasteiger partial charge in [0.25, 0.3) is 5.91 Å². The Labute approximate surface area is 142 Å². The molecule has 0 unspecified atom stereocenters. The molecule has 2 aromatic carbocycles. The summed E-state index contributed by atoms with van der Waals surface area (Å²) < 4.78 is 4.62. The van der Waals surface area contributed by atoms with E-state index in [0.29, 0.717) is 16.3 Å². The number of ether oxygens (including phenoxy) is 1. The van der Waals surface area contributed by atoms with E-state index in [1.165, 1.54) is 30.6 Å². The Morgan fingerprint density at radius 1 is 0.958 bits per heavy atom. The van der Waals surface area contributed by atoms with E-state index in [2.05, 4.69) is 20.3 Å². The minimum Gasteiger partial charge on any atom is -0.465 e. The average molecular weight is 339 g/mol. The average Bonchev–Trinajstić information content (AvgIpc) is 3.10. The molecule has 0 aliphatic carbocycles. The van der Waals surface area contributed by atoms with Crippen molar-refractivity contribution in [3.05, 3.63) is 65.7 Å². The molecule has 0 saturated carbocycles. The maximum atomic E-state index is 12.2. The van der Waals surface area contributed by atoms with E-state index in [4.69, 9.17) is 0 Å². The summed E-state index contributed by atoms with van der Waals surface area (Å²) in [5.41, 5.74) is 1.74. The molecule has 120 valence electrons. The number of aromatic nitrogens is 2. The number of carbonyl (C=O) groups is 2. The van der Waals surface area contributed by atoms with Gasteiger partial charge in [-0.3, -0.25) is 10.1 Å². The highest BCUT2D eigenvalue weighted by Crippen LogP contribution is 2.26. The largest absolute Gasteiger partial charge is 0.465 e. The quantitative estimate of drug-likeness (QED) is 0.738. The summed E-state index contributed by atoms with van der Waals surface area (Å²) in [6, 6.07) is 15.8. The number of esters is 1. The Bertz CT molecular complexity index is 860. The standard InChI is InChI=1S/C17H13N3O3S/c1-23-16(22)13-9-7-11(8-10-13)14(21)18-17-20-19-15(24-17)12-5-3-2-4-6-12/h2-10H,1H3,(H,18,20,21). The van der Waals surface area contributed by atoms with Crippen molar-refractivity contribution in [1.29, 1.82) is 0 Å². The van der Waals surface area contributed by atoms with Gasteiger partial charge in [-0.05, 0) is 24.3 Å². The number of benzene rings is 2. The predicted octanol–water partition coefficient (Wildman–Crippen LogP) is 3.24. The zero-order valence-electron chi connectivity index (χ0n) is 12.7. The topological polar surface area (TPSA) is 81.2 Å². The van der Waals surface area contributed by atoms with Crippen LogP contribution >= 0.6 is 11.3 Å². The van der Waals surface area contributed by atoms with E-state index in [0.717, 1.165) is 10.6 Å². The van der Waals surface area contributed by atoms with Gasteiger partial charge in [-0.1, -0.05) is 41.7 Å². The number of carbonyl (C=O) groups excluding carboxylic acids is 2. The summed E-state index contributed by atoms with van der Waals surface area (Å²) in [6.45, 7) is 0. The van der Waals surface area contributed by atoms with Gasteiger partial charge in [0.1, 0.15) is 5.01 Å². The van der Waals surface area contributed by atoms with E-state index in [-0.39, 0.29) is 5.91 Å². The molecule has 0 fully saturated rings. The van der Waals surface area contributed by atoms with E-state index >= 15 is 0 Å². The molecule has 0 bridgehead atoms. The van der Waals surface area contributed by atoms with Gasteiger partial charge in [0, 0.05) is 11.1 Å². The molecule has 0 radical (unpaired) electrons. The van der Waals surface area contributed by atoms with Crippen LogP contribution in [0.1, 0.15) is 20.7 Å². The van der Waals surface area contributed by atoms with Crippen molar-refractivity contribution >= 4 is 28.3 Å². The summed E-state index contributed by atoms with van der Waals surface area (Å²) in [4.78, 5) is 23.6. The number of nitrogens with zero attached hydrogens (tertiary/aromatic N) is 2. The number of hydrogen-bond donors (Lipinski definition) is 1. The van der Waals surface area contributed by atoms with Crippen LogP contribution in [0.2, 0.25) is 0 Å². The van der Waals surface area contributed by atoms with E-state index in [1.54, 1.807) is 12.1 Å². The fourth-order valence-electron chi connectivity index (χ4n) is 2.02. The number of rotatable bonds is 4. The minimum atomic E-state index is -0.446. The molecule has 1 N–H and O–H groups in total. The van der Waals surface area contributed by atoms with Crippen molar-refractivity contribution in [3.63, 3.8) is 0 Å². The lowest BCUT2D eigenvalue weighted by Crippen LogP contribution is -2.12. The van der Waals surface area contributed by atoms with Crippen LogP contribution in [0.25, 0.3) is 10.6 Å². The van der Waals surface area contributed by atoms with Gasteiger partial charge in [0.05, 0.1) is 12.7 Å². The zero-order chi connectivity index (χ0) is 16.9. The summed E-state index contributed by atoms with van der Waals surface area (Å²) >= 11 is 1.29. The molecule has 7 heteroatoms. The molecular weight excluding hydrogens is 326 g/mol. The van der Waals surface area contributed by atoms with Gasteiger partial charge in [-0.25, -0.2) is 4.79 Å². The third kappa shape index (κ3) is 3.47. The predicted molar refractivity (Wildman–Crippen MR) is 91.1 cm³/mol. The van der Waals surface area contributed by atoms with Crippen LogP contribution in [0.5, 0.6) is 0 Å². The highest BCUT2D eigenvalue weighted by molar-refractivity contribution is 7.18. The van der Waals surface area contributed by atoms with Gasteiger partial charge >= 0.3 is 5.97 Å². The lowest BCUT2D eigenvalue weighted by Gasteiger charge is -2.02. The Kier molecular flexibility index (Phi) is 4.62. The second-order valence-corrected chi connectivity index (χ2v) is 5.78. The summed E-state index contributed by atoms with van der Waals surface area (Å²) in [5.74, 6) is -0.763. The molecule has 0 saturated heterocycles. The van der Waals surface area contributed by atoms with Crippen molar-refractivity contribution in [3.8, 4) is 10.6 Å². The van der Waals surface area contributed by atoms with Crippen molar-refractivity contribution in [2.24, 2.45) is 0 Å². The molecule has 0 aliphatic rings. The van der Waals surface area contributed by atoms with Gasteiger partial charge in [0.15, 0.2) is 0 Å². The van der Waals surface area contributed by atoms with Gasteiger partial charge in [-0.15, -0.1) is 10.2 Å². The van der Waals surface area contributed by atoms with Crippen molar-refractivity contribution in [2.45, 2.75) is 0 Å². The van der Waals surface area contributed by atoms with Gasteiger partial charge in [0.2, 0.25) is 5.13 Å². The first kappa shape index (κ1) is 15.8. The van der Waals surface area contributed by atoms with E-state index in [1.807, 2.05) is 30.3 Å². The number of methoxy groups -OCH3 is 1. The fraction of sp³-hybridized carbons (Fsp3) is 0.0588. The smallest absolute Gasteiger partial charge is 0.337 e. The van der Waals surface area contributed by atoms with Crippen LogP contribution in [0.4, 0.5) is 5.13 Å². The van der Waals surface area contributed by atoms with Crippen LogP contribution in [0.15, 0.2) is 54.6 Å². The first-order chi connectivity index (χ1) is 11.7. The normalized spacial score (nSPS) is 10.2. The zero-order valence-corrected chi connectivity index (χ0v) is 13.5. The van der Waals surface area contributed by atoms with Crippen molar-refractivity contribution in [1.82, 2.24) is 10.2 Å². The SMILES string of the molecule is COC(=O)c1ccc(C(=O)Nc2nnc(-c3ccccc3)s2)cc1. The van der Waals surface area contributed by atoms with Gasteiger partial charge < -0.3 is 4.74 Å². The lowest BCUT2D eigenvalue weighted by atomic mass is 10.1. The van der Waals surface area contributed by atoms with Crippen LogP contribution in [-0.4, -0.2) is 29.2 Å². The van der Waals surface area contributed by atoms with E-state index < -0.39 is 5.97 Å². The second-order valence-electron chi connectivity index (χ2n) is 4.80. The number of nitrogens with one attached hydrogen (secondary N) is 1. The number of hydrogen-bond acceptors (Lipinski definition) is 6.